The SMILES string of the molecule is CCOC(=O)C1=C(C)NC2=C(C(=O)C[C@@H](c3ccc(OC)cc3)C2)[C@H]1c1cccc([N+](=O)[O-])c1. The van der Waals surface area contributed by atoms with Gasteiger partial charge in [0, 0.05) is 41.4 Å². The molecule has 4 rings (SSSR count). The van der Waals surface area contributed by atoms with E-state index in [0.717, 1.165) is 17.0 Å². The van der Waals surface area contributed by atoms with Crippen LogP contribution in [0.3, 0.4) is 0 Å². The number of esters is 1. The summed E-state index contributed by atoms with van der Waals surface area (Å²) in [5.41, 5.74) is 3.53. The van der Waals surface area contributed by atoms with Crippen LogP contribution in [0.1, 0.15) is 49.7 Å². The van der Waals surface area contributed by atoms with Crippen LogP contribution in [0.15, 0.2) is 71.1 Å². The molecular weight excluding hydrogens is 436 g/mol. The molecule has 176 valence electrons. The van der Waals surface area contributed by atoms with E-state index in [1.54, 1.807) is 33.1 Å². The lowest BCUT2D eigenvalue weighted by molar-refractivity contribution is -0.384. The number of Topliss-reactive ketones (excluding diaryl/α,β-unsaturated/α-hetero) is 1. The van der Waals surface area contributed by atoms with Crippen LogP contribution in [0, 0.1) is 10.1 Å². The van der Waals surface area contributed by atoms with Gasteiger partial charge in [-0.25, -0.2) is 4.79 Å². The lowest BCUT2D eigenvalue weighted by Crippen LogP contribution is -2.36. The number of nitro groups is 1. The molecule has 2 aromatic rings. The number of benzene rings is 2. The van der Waals surface area contributed by atoms with Crippen LogP contribution in [0.4, 0.5) is 5.69 Å². The molecule has 0 radical (unpaired) electrons. The van der Waals surface area contributed by atoms with Crippen LogP contribution < -0.4 is 10.1 Å². The number of hydrogen-bond donors (Lipinski definition) is 1. The first-order valence-electron chi connectivity index (χ1n) is 11.1. The number of carbonyl (C=O) groups is 2. The number of dihydropyridines is 1. The van der Waals surface area contributed by atoms with Crippen molar-refractivity contribution in [1.82, 2.24) is 5.32 Å². The fraction of sp³-hybridized carbons (Fsp3) is 0.308. The van der Waals surface area contributed by atoms with Crippen molar-refractivity contribution in [1.29, 1.82) is 0 Å². The van der Waals surface area contributed by atoms with Crippen molar-refractivity contribution in [3.8, 4) is 5.75 Å². The first-order chi connectivity index (χ1) is 16.3. The zero-order valence-electron chi connectivity index (χ0n) is 19.3. The Kier molecular flexibility index (Phi) is 6.49. The van der Waals surface area contributed by atoms with Crippen molar-refractivity contribution < 1.29 is 24.0 Å². The summed E-state index contributed by atoms with van der Waals surface area (Å²) in [7, 11) is 1.60. The summed E-state index contributed by atoms with van der Waals surface area (Å²) < 4.78 is 10.5. The molecule has 34 heavy (non-hydrogen) atoms. The summed E-state index contributed by atoms with van der Waals surface area (Å²) in [6.45, 7) is 3.65. The fourth-order valence-electron chi connectivity index (χ4n) is 4.78. The van der Waals surface area contributed by atoms with E-state index in [0.29, 0.717) is 28.8 Å². The number of non-ortho nitro benzene ring substituents is 1. The van der Waals surface area contributed by atoms with E-state index in [2.05, 4.69) is 5.32 Å². The van der Waals surface area contributed by atoms with Crippen molar-refractivity contribution in [3.63, 3.8) is 0 Å². The van der Waals surface area contributed by atoms with Crippen molar-refractivity contribution >= 4 is 17.4 Å². The summed E-state index contributed by atoms with van der Waals surface area (Å²) >= 11 is 0. The van der Waals surface area contributed by atoms with Crippen LogP contribution in [-0.4, -0.2) is 30.4 Å². The zero-order valence-corrected chi connectivity index (χ0v) is 19.3. The molecule has 0 fully saturated rings. The Hall–Kier alpha value is -3.94. The third-order valence-electron chi connectivity index (χ3n) is 6.32. The molecule has 1 aliphatic heterocycles. The molecule has 2 aromatic carbocycles. The minimum atomic E-state index is -0.737. The number of nitro benzene ring substituents is 1. The average Bonchev–Trinajstić information content (AvgIpc) is 2.83. The number of nitrogens with one attached hydrogen (secondary N) is 1. The lowest BCUT2D eigenvalue weighted by Gasteiger charge is -2.36. The number of nitrogens with zero attached hydrogens (tertiary/aromatic N) is 1. The zero-order chi connectivity index (χ0) is 24.4. The fourth-order valence-corrected chi connectivity index (χ4v) is 4.78. The summed E-state index contributed by atoms with van der Waals surface area (Å²) in [5, 5.41) is 14.7. The quantitative estimate of drug-likeness (QED) is 0.382. The smallest absolute Gasteiger partial charge is 0.336 e. The molecule has 0 aromatic heterocycles. The maximum atomic E-state index is 13.5. The van der Waals surface area contributed by atoms with Gasteiger partial charge in [0.05, 0.1) is 24.2 Å². The Labute approximate surface area is 197 Å². The van der Waals surface area contributed by atoms with Crippen molar-refractivity contribution in [2.75, 3.05) is 13.7 Å². The van der Waals surface area contributed by atoms with Crippen LogP contribution >= 0.6 is 0 Å². The normalized spacial score (nSPS) is 19.9. The van der Waals surface area contributed by atoms with E-state index in [1.807, 2.05) is 24.3 Å². The molecule has 0 spiro atoms. The number of methoxy groups -OCH3 is 1. The topological polar surface area (TPSA) is 108 Å². The standard InChI is InChI=1S/C26H26N2O6/c1-4-34-26(30)23-15(2)27-21-13-18(16-8-10-20(33-3)11-9-16)14-22(29)25(21)24(23)17-6-5-7-19(12-17)28(31)32/h5-12,18,24,27H,4,13-14H2,1-3H3/t18-,24-/m0/s1. The maximum absolute atomic E-state index is 13.5. The number of allylic oxidation sites excluding steroid dienone is 3. The van der Waals surface area contributed by atoms with Gasteiger partial charge in [-0.3, -0.25) is 14.9 Å². The van der Waals surface area contributed by atoms with Crippen molar-refractivity contribution in [2.24, 2.45) is 0 Å². The van der Waals surface area contributed by atoms with Gasteiger partial charge in [-0.1, -0.05) is 24.3 Å². The molecule has 0 bridgehead atoms. The number of hydrogen-bond acceptors (Lipinski definition) is 7. The van der Waals surface area contributed by atoms with Crippen molar-refractivity contribution in [3.05, 3.63) is 92.3 Å². The van der Waals surface area contributed by atoms with E-state index in [-0.39, 0.29) is 30.4 Å². The summed E-state index contributed by atoms with van der Waals surface area (Å²) in [6.07, 6.45) is 0.847. The van der Waals surface area contributed by atoms with Gasteiger partial charge in [0.1, 0.15) is 5.75 Å². The van der Waals surface area contributed by atoms with E-state index >= 15 is 0 Å². The third kappa shape index (κ3) is 4.31. The molecule has 0 amide bonds. The number of rotatable bonds is 6. The van der Waals surface area contributed by atoms with E-state index < -0.39 is 16.8 Å². The Bertz CT molecular complexity index is 1210. The Morgan fingerprint density at radius 1 is 1.15 bits per heavy atom. The first-order valence-corrected chi connectivity index (χ1v) is 11.1. The molecular formula is C26H26N2O6. The predicted molar refractivity (Wildman–Crippen MR) is 125 cm³/mol. The molecule has 2 aliphatic rings. The number of carbonyl (C=O) groups excluding carboxylic acids is 2. The second-order valence-electron chi connectivity index (χ2n) is 8.36. The van der Waals surface area contributed by atoms with Crippen LogP contribution in [-0.2, 0) is 14.3 Å². The van der Waals surface area contributed by atoms with E-state index in [1.165, 1.54) is 12.1 Å². The second-order valence-corrected chi connectivity index (χ2v) is 8.36. The number of ether oxygens (including phenoxy) is 2. The Morgan fingerprint density at radius 3 is 2.53 bits per heavy atom. The monoisotopic (exact) mass is 462 g/mol. The van der Waals surface area contributed by atoms with Gasteiger partial charge >= 0.3 is 5.97 Å². The van der Waals surface area contributed by atoms with Gasteiger partial charge in [0.2, 0.25) is 0 Å². The minimum absolute atomic E-state index is 0.0349. The highest BCUT2D eigenvalue weighted by Gasteiger charge is 2.41. The highest BCUT2D eigenvalue weighted by atomic mass is 16.6. The molecule has 2 atom stereocenters. The van der Waals surface area contributed by atoms with Gasteiger partial charge in [-0.15, -0.1) is 0 Å². The molecule has 0 unspecified atom stereocenters. The summed E-state index contributed by atoms with van der Waals surface area (Å²) in [5.74, 6) is -0.668. The predicted octanol–water partition coefficient (Wildman–Crippen LogP) is 4.53. The molecule has 1 aliphatic carbocycles. The highest BCUT2D eigenvalue weighted by molar-refractivity contribution is 6.04. The first kappa shape index (κ1) is 23.2. The molecule has 8 nitrogen and oxygen atoms in total. The average molecular weight is 463 g/mol. The Morgan fingerprint density at radius 2 is 1.88 bits per heavy atom. The molecule has 1 heterocycles. The Balaban J connectivity index is 1.79. The van der Waals surface area contributed by atoms with Crippen LogP contribution in [0.5, 0.6) is 5.75 Å². The lowest BCUT2D eigenvalue weighted by atomic mass is 9.71. The highest BCUT2D eigenvalue weighted by Crippen LogP contribution is 2.46. The molecule has 0 saturated carbocycles. The molecule has 0 saturated heterocycles. The largest absolute Gasteiger partial charge is 0.497 e. The molecule has 1 N–H and O–H groups in total. The van der Waals surface area contributed by atoms with Gasteiger partial charge in [-0.05, 0) is 49.4 Å². The third-order valence-corrected chi connectivity index (χ3v) is 6.32. The molecule has 8 heteroatoms. The number of ketones is 1. The van der Waals surface area contributed by atoms with E-state index in [4.69, 9.17) is 9.47 Å². The second kappa shape index (κ2) is 9.51. The van der Waals surface area contributed by atoms with Crippen LogP contribution in [0.2, 0.25) is 0 Å². The van der Waals surface area contributed by atoms with Gasteiger partial charge < -0.3 is 14.8 Å². The summed E-state index contributed by atoms with van der Waals surface area (Å²) in [6, 6.07) is 13.7. The van der Waals surface area contributed by atoms with Crippen molar-refractivity contribution in [2.45, 2.75) is 38.5 Å². The van der Waals surface area contributed by atoms with Gasteiger partial charge in [0.25, 0.3) is 5.69 Å². The van der Waals surface area contributed by atoms with E-state index in [9.17, 15) is 19.7 Å². The maximum Gasteiger partial charge on any atom is 0.336 e. The van der Waals surface area contributed by atoms with Crippen LogP contribution in [0.25, 0.3) is 0 Å². The van der Waals surface area contributed by atoms with Gasteiger partial charge in [-0.2, -0.15) is 0 Å². The summed E-state index contributed by atoms with van der Waals surface area (Å²) in [4.78, 5) is 37.4. The van der Waals surface area contributed by atoms with Gasteiger partial charge in [0.15, 0.2) is 5.78 Å². The minimum Gasteiger partial charge on any atom is -0.497 e.